The van der Waals surface area contributed by atoms with Crippen molar-refractivity contribution in [3.05, 3.63) is 273 Å². The van der Waals surface area contributed by atoms with Crippen molar-refractivity contribution in [2.75, 3.05) is 9.80 Å². The summed E-state index contributed by atoms with van der Waals surface area (Å²) in [6.07, 6.45) is 1.95. The van der Waals surface area contributed by atoms with Crippen LogP contribution >= 0.6 is 0 Å². The standard InChI is InChI=1S/C77H71N5O.Pt/c1-73(2,3)53-34-36-57(37-35-53)81-66-30-19-16-27-62(66)77(63-28-17-20-31-67(63)81)64-29-18-21-32-68(64)82(72-47-54(41-42-78-72)74(4,5)6)70-49-61(38-39-65(70)77)83-60-26-22-25-58(48-60)79-50-80(59-45-55(75(7,8)9)44-56(46-59)76(10,11)12)71-43-52(33-40-69(71)79)51-23-14-13-15-24-51;/h13-47H,1-12H3;/q-2;. The third-order valence-electron chi connectivity index (χ3n) is 17.0. The second-order valence-electron chi connectivity index (χ2n) is 26.8. The van der Waals surface area contributed by atoms with Gasteiger partial charge in [-0.2, -0.15) is 0 Å². The van der Waals surface area contributed by atoms with Crippen molar-refractivity contribution in [1.29, 1.82) is 0 Å². The maximum atomic E-state index is 7.12. The number of para-hydroxylation sites is 3. The summed E-state index contributed by atoms with van der Waals surface area (Å²) in [5.74, 6) is 1.95. The molecule has 11 aromatic rings. The molecule has 9 aromatic carbocycles. The number of hydrogen-bond acceptors (Lipinski definition) is 4. The first-order chi connectivity index (χ1) is 40.1. The van der Waals surface area contributed by atoms with Crippen LogP contribution in [0.25, 0.3) is 33.5 Å². The number of imidazole rings is 1. The Labute approximate surface area is 507 Å². The summed E-state index contributed by atoms with van der Waals surface area (Å²) in [4.78, 5) is 9.94. The summed E-state index contributed by atoms with van der Waals surface area (Å²) in [5, 5.41) is 0. The number of aromatic nitrogens is 3. The van der Waals surface area contributed by atoms with Gasteiger partial charge >= 0.3 is 322 Å². The van der Waals surface area contributed by atoms with Gasteiger partial charge in [0.2, 0.25) is 0 Å². The molecule has 0 amide bonds. The SMILES string of the molecule is CC(C)(C)c1ccc(N2c3ccccc3C3(c4ccc(Oc5[c-]c(-n6[c](=[Pt])n(-c7cc(C(C)(C)C)cc(C(C)(C)C)c7)c7cc(-c8ccccc8)ccc76)ccc5)[c-]c4N(c4cc(C(C)(C)C)ccn4)c4ccccc43)c3ccccc32)cc1. The zero-order chi connectivity index (χ0) is 58.7. The number of fused-ring (bicyclic) bond motifs is 9. The fourth-order valence-electron chi connectivity index (χ4n) is 12.5. The molecule has 2 aliphatic rings. The van der Waals surface area contributed by atoms with E-state index >= 15 is 0 Å². The maximum absolute atomic E-state index is 7.12. The smallest absolute Gasteiger partial charge is 0.0618 e. The molecule has 84 heavy (non-hydrogen) atoms. The van der Waals surface area contributed by atoms with E-state index in [0.29, 0.717) is 11.5 Å². The first-order valence-corrected chi connectivity index (χ1v) is 30.4. The van der Waals surface area contributed by atoms with Crippen LogP contribution in [0.15, 0.2) is 212 Å². The van der Waals surface area contributed by atoms with E-state index in [2.05, 4.69) is 334 Å². The van der Waals surface area contributed by atoms with Crippen LogP contribution in [0.1, 0.15) is 128 Å². The Morgan fingerprint density at radius 2 is 0.964 bits per heavy atom. The van der Waals surface area contributed by atoms with Crippen molar-refractivity contribution in [3.8, 4) is 34.0 Å². The molecule has 0 N–H and O–H groups in total. The van der Waals surface area contributed by atoms with E-state index in [9.17, 15) is 0 Å². The van der Waals surface area contributed by atoms with Crippen molar-refractivity contribution < 1.29 is 24.1 Å². The third kappa shape index (κ3) is 9.29. The van der Waals surface area contributed by atoms with Crippen molar-refractivity contribution in [2.45, 2.75) is 110 Å². The summed E-state index contributed by atoms with van der Waals surface area (Å²) >= 11 is 2.51. The average molecular weight is 1280 g/mol. The van der Waals surface area contributed by atoms with Gasteiger partial charge in [0.1, 0.15) is 0 Å². The van der Waals surface area contributed by atoms with Gasteiger partial charge in [-0.1, -0.05) is 108 Å². The molecule has 4 heterocycles. The number of ether oxygens (including phenoxy) is 1. The number of pyridine rings is 1. The zero-order valence-corrected chi connectivity index (χ0v) is 52.4. The molecule has 0 saturated carbocycles. The number of rotatable bonds is 7. The first-order valence-electron chi connectivity index (χ1n) is 29.3. The Kier molecular flexibility index (Phi) is 13.2. The summed E-state index contributed by atoms with van der Waals surface area (Å²) in [5.41, 5.74) is 20.4. The van der Waals surface area contributed by atoms with Gasteiger partial charge < -0.3 is 4.90 Å². The van der Waals surface area contributed by atoms with Gasteiger partial charge in [0, 0.05) is 23.3 Å². The Morgan fingerprint density at radius 1 is 0.405 bits per heavy atom. The first kappa shape index (κ1) is 54.9. The topological polar surface area (TPSA) is 38.5 Å². The Hall–Kier alpha value is -8.31. The van der Waals surface area contributed by atoms with Crippen LogP contribution in [-0.2, 0) is 46.4 Å². The molecule has 0 aliphatic carbocycles. The number of hydrogen-bond donors (Lipinski definition) is 0. The predicted octanol–water partition coefficient (Wildman–Crippen LogP) is 20.1. The van der Waals surface area contributed by atoms with Gasteiger partial charge in [-0.15, -0.1) is 0 Å². The average Bonchev–Trinajstić information content (AvgIpc) is 0.819. The summed E-state index contributed by atoms with van der Waals surface area (Å²) in [6, 6.07) is 83.2. The van der Waals surface area contributed by atoms with Crippen LogP contribution in [0.4, 0.5) is 34.3 Å². The molecule has 0 atom stereocenters. The molecular weight excluding hydrogens is 1210 g/mol. The number of benzene rings is 9. The number of anilines is 6. The second kappa shape index (κ2) is 20.2. The molecule has 1 spiro atoms. The minimum atomic E-state index is -0.776. The zero-order valence-electron chi connectivity index (χ0n) is 50.2. The normalized spacial score (nSPS) is 13.8. The molecule has 6 nitrogen and oxygen atoms in total. The minimum absolute atomic E-state index is 0.0204. The van der Waals surface area contributed by atoms with Gasteiger partial charge in [0.25, 0.3) is 0 Å². The molecule has 0 unspecified atom stereocenters. The van der Waals surface area contributed by atoms with Crippen molar-refractivity contribution in [3.63, 3.8) is 0 Å². The van der Waals surface area contributed by atoms with Crippen LogP contribution < -0.4 is 14.5 Å². The van der Waals surface area contributed by atoms with Gasteiger partial charge in [-0.25, -0.2) is 0 Å². The minimum Gasteiger partial charge on any atom is -0.0618 e. The molecule has 0 saturated heterocycles. The Bertz CT molecular complexity index is 4340. The van der Waals surface area contributed by atoms with Crippen molar-refractivity contribution >= 4 is 45.3 Å². The Balaban J connectivity index is 0.993. The molecular formula is C77H71N5OPt-2. The molecule has 13 rings (SSSR count). The quantitative estimate of drug-likeness (QED) is 0.149. The van der Waals surface area contributed by atoms with E-state index in [4.69, 9.17) is 9.72 Å². The summed E-state index contributed by atoms with van der Waals surface area (Å²) in [7, 11) is 0. The molecule has 0 radical (unpaired) electrons. The molecule has 422 valence electrons. The number of nitrogens with zero attached hydrogens (tertiary/aromatic N) is 5. The van der Waals surface area contributed by atoms with Gasteiger partial charge in [0.15, 0.2) is 0 Å². The van der Waals surface area contributed by atoms with Gasteiger partial charge in [-0.05, 0) is 52.3 Å². The van der Waals surface area contributed by atoms with Gasteiger partial charge in [-0.3, -0.25) is 0 Å². The predicted molar refractivity (Wildman–Crippen MR) is 343 cm³/mol. The van der Waals surface area contributed by atoms with E-state index in [1.807, 2.05) is 12.3 Å². The monoisotopic (exact) mass is 1280 g/mol. The summed E-state index contributed by atoms with van der Waals surface area (Å²) in [6.45, 7) is 27.4. The fraction of sp³-hybridized carbons (Fsp3) is 0.221. The Morgan fingerprint density at radius 3 is 1.56 bits per heavy atom. The van der Waals surface area contributed by atoms with Crippen molar-refractivity contribution in [2.24, 2.45) is 0 Å². The van der Waals surface area contributed by atoms with E-state index in [-0.39, 0.29) is 21.7 Å². The van der Waals surface area contributed by atoms with E-state index in [1.54, 1.807) is 0 Å². The molecule has 0 fully saturated rings. The van der Waals surface area contributed by atoms with Crippen LogP contribution in [0.5, 0.6) is 11.5 Å². The van der Waals surface area contributed by atoms with Crippen LogP contribution in [0.3, 0.4) is 0 Å². The summed E-state index contributed by atoms with van der Waals surface area (Å²) < 4.78 is 12.9. The van der Waals surface area contributed by atoms with Crippen LogP contribution in [0.2, 0.25) is 0 Å². The molecule has 2 aromatic heterocycles. The van der Waals surface area contributed by atoms with Crippen LogP contribution in [0, 0.1) is 15.9 Å². The van der Waals surface area contributed by atoms with E-state index in [1.165, 1.54) is 38.9 Å². The van der Waals surface area contributed by atoms with Gasteiger partial charge in [0.05, 0.1) is 0 Å². The van der Waals surface area contributed by atoms with E-state index in [0.717, 1.165) is 77.2 Å². The molecule has 2 aliphatic heterocycles. The van der Waals surface area contributed by atoms with Crippen LogP contribution in [-0.4, -0.2) is 14.1 Å². The van der Waals surface area contributed by atoms with E-state index < -0.39 is 5.41 Å². The molecule has 0 bridgehead atoms. The molecule has 7 heteroatoms. The third-order valence-corrected chi connectivity index (χ3v) is 18.0. The second-order valence-corrected chi connectivity index (χ2v) is 27.8. The van der Waals surface area contributed by atoms with Crippen molar-refractivity contribution in [1.82, 2.24) is 14.1 Å². The fourth-order valence-corrected chi connectivity index (χ4v) is 13.6.